The minimum atomic E-state index is -4.19. The van der Waals surface area contributed by atoms with Crippen molar-refractivity contribution in [2.24, 2.45) is 5.84 Å². The van der Waals surface area contributed by atoms with E-state index in [0.717, 1.165) is 43.4 Å². The lowest BCUT2D eigenvalue weighted by Gasteiger charge is -2.13. The van der Waals surface area contributed by atoms with E-state index in [0.29, 0.717) is 5.82 Å². The molecule has 0 amide bonds. The van der Waals surface area contributed by atoms with Gasteiger partial charge in [0.05, 0.1) is 6.42 Å². The van der Waals surface area contributed by atoms with Crippen LogP contribution in [0.3, 0.4) is 0 Å². The van der Waals surface area contributed by atoms with Crippen LogP contribution in [-0.2, 0) is 19.3 Å². The predicted octanol–water partition coefficient (Wildman–Crippen LogP) is 2.53. The molecule has 0 saturated heterocycles. The van der Waals surface area contributed by atoms with Gasteiger partial charge in [0.1, 0.15) is 11.6 Å². The molecule has 4 nitrogen and oxygen atoms in total. The first kappa shape index (κ1) is 14.0. The van der Waals surface area contributed by atoms with Gasteiger partial charge in [-0.3, -0.25) is 0 Å². The van der Waals surface area contributed by atoms with Crippen LogP contribution in [0.4, 0.5) is 19.0 Å². The molecule has 19 heavy (non-hydrogen) atoms. The highest BCUT2D eigenvalue weighted by atomic mass is 19.4. The van der Waals surface area contributed by atoms with Gasteiger partial charge in [-0.2, -0.15) is 13.2 Å². The number of nitrogens with zero attached hydrogens (tertiary/aromatic N) is 2. The molecule has 1 aromatic heterocycles. The van der Waals surface area contributed by atoms with E-state index in [9.17, 15) is 13.2 Å². The maximum absolute atomic E-state index is 12.2. The molecule has 0 atom stereocenters. The largest absolute Gasteiger partial charge is 0.389 e. The molecule has 3 N–H and O–H groups in total. The van der Waals surface area contributed by atoms with Crippen molar-refractivity contribution in [2.75, 3.05) is 5.43 Å². The minimum absolute atomic E-state index is 0.203. The third-order valence-corrected chi connectivity index (χ3v) is 3.25. The number of nitrogens with two attached hydrogens (primary N) is 1. The van der Waals surface area contributed by atoms with Crippen LogP contribution in [0.25, 0.3) is 0 Å². The van der Waals surface area contributed by atoms with Crippen molar-refractivity contribution in [3.8, 4) is 0 Å². The van der Waals surface area contributed by atoms with Gasteiger partial charge in [0.25, 0.3) is 0 Å². The maximum Gasteiger partial charge on any atom is 0.389 e. The van der Waals surface area contributed by atoms with Crippen molar-refractivity contribution >= 4 is 5.82 Å². The topological polar surface area (TPSA) is 63.8 Å². The zero-order valence-corrected chi connectivity index (χ0v) is 10.6. The van der Waals surface area contributed by atoms with Crippen LogP contribution >= 0.6 is 0 Å². The summed E-state index contributed by atoms with van der Waals surface area (Å²) in [6.07, 6.45) is -0.550. The van der Waals surface area contributed by atoms with Crippen molar-refractivity contribution in [1.82, 2.24) is 9.97 Å². The smallest absolute Gasteiger partial charge is 0.308 e. The highest BCUT2D eigenvalue weighted by Gasteiger charge is 2.27. The maximum atomic E-state index is 12.2. The van der Waals surface area contributed by atoms with E-state index in [1.54, 1.807) is 0 Å². The van der Waals surface area contributed by atoms with E-state index in [-0.39, 0.29) is 12.2 Å². The monoisotopic (exact) mass is 274 g/mol. The van der Waals surface area contributed by atoms with Gasteiger partial charge in [-0.25, -0.2) is 15.8 Å². The van der Waals surface area contributed by atoms with Gasteiger partial charge in [-0.1, -0.05) is 6.42 Å². The standard InChI is InChI=1S/C12H17F3N4/c13-12(14,15)7-6-10-17-9-5-3-1-2-4-8(9)11(18-10)19-16/h1-7,16H2,(H,17,18,19). The normalized spacial score (nSPS) is 15.8. The molecular weight excluding hydrogens is 257 g/mol. The summed E-state index contributed by atoms with van der Waals surface area (Å²) in [4.78, 5) is 8.38. The van der Waals surface area contributed by atoms with Gasteiger partial charge >= 0.3 is 6.18 Å². The van der Waals surface area contributed by atoms with Crippen LogP contribution in [0.1, 0.15) is 42.8 Å². The molecule has 7 heteroatoms. The quantitative estimate of drug-likeness (QED) is 0.505. The first-order chi connectivity index (χ1) is 8.99. The Kier molecular flexibility index (Phi) is 4.24. The fourth-order valence-corrected chi connectivity index (χ4v) is 2.31. The van der Waals surface area contributed by atoms with E-state index < -0.39 is 12.6 Å². The Morgan fingerprint density at radius 3 is 2.53 bits per heavy atom. The SMILES string of the molecule is NNc1nc(CCC(F)(F)F)nc2c1CCCCC2. The number of alkyl halides is 3. The number of anilines is 1. The Bertz CT molecular complexity index is 445. The molecule has 0 spiro atoms. The zero-order chi connectivity index (χ0) is 13.9. The van der Waals surface area contributed by atoms with Crippen LogP contribution in [0, 0.1) is 0 Å². The van der Waals surface area contributed by atoms with E-state index in [1.165, 1.54) is 0 Å². The molecule has 1 aliphatic carbocycles. The number of nitrogens with one attached hydrogen (secondary N) is 1. The molecule has 0 saturated carbocycles. The molecule has 1 aliphatic rings. The van der Waals surface area contributed by atoms with Crippen LogP contribution < -0.4 is 11.3 Å². The van der Waals surface area contributed by atoms with E-state index >= 15 is 0 Å². The average Bonchev–Trinajstić information content (AvgIpc) is 2.59. The van der Waals surface area contributed by atoms with Crippen molar-refractivity contribution < 1.29 is 13.2 Å². The molecule has 1 aromatic rings. The number of halogens is 3. The van der Waals surface area contributed by atoms with E-state index in [2.05, 4.69) is 15.4 Å². The second-order valence-corrected chi connectivity index (χ2v) is 4.73. The van der Waals surface area contributed by atoms with Crippen molar-refractivity contribution in [1.29, 1.82) is 0 Å². The second-order valence-electron chi connectivity index (χ2n) is 4.73. The highest BCUT2D eigenvalue weighted by Crippen LogP contribution is 2.26. The molecule has 0 fully saturated rings. The molecule has 0 bridgehead atoms. The van der Waals surface area contributed by atoms with Crippen LogP contribution in [0.2, 0.25) is 0 Å². The summed E-state index contributed by atoms with van der Waals surface area (Å²) < 4.78 is 36.7. The van der Waals surface area contributed by atoms with Crippen molar-refractivity contribution in [2.45, 2.75) is 51.1 Å². The van der Waals surface area contributed by atoms with Crippen LogP contribution in [-0.4, -0.2) is 16.1 Å². The lowest BCUT2D eigenvalue weighted by molar-refractivity contribution is -0.134. The Morgan fingerprint density at radius 1 is 1.11 bits per heavy atom. The van der Waals surface area contributed by atoms with Gasteiger partial charge in [0.2, 0.25) is 0 Å². The van der Waals surface area contributed by atoms with Gasteiger partial charge < -0.3 is 5.43 Å². The zero-order valence-electron chi connectivity index (χ0n) is 10.6. The molecule has 0 radical (unpaired) electrons. The van der Waals surface area contributed by atoms with Crippen molar-refractivity contribution in [3.05, 3.63) is 17.1 Å². The van der Waals surface area contributed by atoms with Crippen LogP contribution in [0.15, 0.2) is 0 Å². The number of rotatable bonds is 3. The van der Waals surface area contributed by atoms with Crippen LogP contribution in [0.5, 0.6) is 0 Å². The number of hydrogen-bond acceptors (Lipinski definition) is 4. The number of hydrogen-bond donors (Lipinski definition) is 2. The molecule has 1 heterocycles. The number of hydrazine groups is 1. The number of fused-ring (bicyclic) bond motifs is 1. The van der Waals surface area contributed by atoms with Gasteiger partial charge in [-0.05, 0) is 25.7 Å². The Morgan fingerprint density at radius 2 is 1.84 bits per heavy atom. The Balaban J connectivity index is 2.24. The summed E-state index contributed by atoms with van der Waals surface area (Å²) in [5.41, 5.74) is 4.29. The Labute approximate surface area is 109 Å². The summed E-state index contributed by atoms with van der Waals surface area (Å²) in [6.45, 7) is 0. The summed E-state index contributed by atoms with van der Waals surface area (Å²) in [6, 6.07) is 0. The second kappa shape index (κ2) is 5.73. The Hall–Kier alpha value is -1.37. The van der Waals surface area contributed by atoms with Gasteiger partial charge in [0.15, 0.2) is 0 Å². The summed E-state index contributed by atoms with van der Waals surface area (Å²) >= 11 is 0. The molecular formula is C12H17F3N4. The first-order valence-electron chi connectivity index (χ1n) is 6.41. The number of aryl methyl sites for hydroxylation is 2. The molecule has 0 aliphatic heterocycles. The minimum Gasteiger partial charge on any atom is -0.308 e. The average molecular weight is 274 g/mol. The highest BCUT2D eigenvalue weighted by molar-refractivity contribution is 5.46. The third-order valence-electron chi connectivity index (χ3n) is 3.25. The van der Waals surface area contributed by atoms with Gasteiger partial charge in [-0.15, -0.1) is 0 Å². The lowest BCUT2D eigenvalue weighted by Crippen LogP contribution is -2.17. The summed E-state index contributed by atoms with van der Waals surface area (Å²) in [7, 11) is 0. The van der Waals surface area contributed by atoms with Gasteiger partial charge in [0, 0.05) is 17.7 Å². The summed E-state index contributed by atoms with van der Waals surface area (Å²) in [5, 5.41) is 0. The first-order valence-corrected chi connectivity index (χ1v) is 6.41. The third kappa shape index (κ3) is 3.79. The molecule has 2 rings (SSSR count). The predicted molar refractivity (Wildman–Crippen MR) is 65.5 cm³/mol. The van der Waals surface area contributed by atoms with Crippen molar-refractivity contribution in [3.63, 3.8) is 0 Å². The number of aromatic nitrogens is 2. The fraction of sp³-hybridized carbons (Fsp3) is 0.667. The molecule has 106 valence electrons. The lowest BCUT2D eigenvalue weighted by atomic mass is 10.1. The molecule has 0 unspecified atom stereocenters. The fourth-order valence-electron chi connectivity index (χ4n) is 2.31. The van der Waals surface area contributed by atoms with E-state index in [4.69, 9.17) is 5.84 Å². The summed E-state index contributed by atoms with van der Waals surface area (Å²) in [5.74, 6) is 6.10. The molecule has 0 aromatic carbocycles. The number of nitrogen functional groups attached to an aromatic ring is 1. The van der Waals surface area contributed by atoms with E-state index in [1.807, 2.05) is 0 Å².